The maximum Gasteiger partial charge on any atom is 0.159 e. The predicted molar refractivity (Wildman–Crippen MR) is 104 cm³/mol. The molecule has 132 valence electrons. The Morgan fingerprint density at radius 2 is 2.04 bits per heavy atom. The average molecular weight is 345 g/mol. The highest BCUT2D eigenvalue weighted by Gasteiger charge is 2.28. The number of imidazole rings is 1. The lowest BCUT2D eigenvalue weighted by Crippen LogP contribution is -2.40. The van der Waals surface area contributed by atoms with Crippen LogP contribution in [0.2, 0.25) is 0 Å². The van der Waals surface area contributed by atoms with Crippen molar-refractivity contribution in [2.24, 2.45) is 5.92 Å². The number of likely N-dealkylation sites (tertiary alicyclic amines) is 1. The molecule has 1 aromatic carbocycles. The first-order valence-corrected chi connectivity index (χ1v) is 9.34. The zero-order valence-electron chi connectivity index (χ0n) is 15.0. The third kappa shape index (κ3) is 2.59. The van der Waals surface area contributed by atoms with Crippen LogP contribution < -0.4 is 0 Å². The van der Waals surface area contributed by atoms with Crippen LogP contribution in [0.25, 0.3) is 22.1 Å². The summed E-state index contributed by atoms with van der Waals surface area (Å²) in [4.78, 5) is 14.7. The minimum Gasteiger partial charge on any atom is -0.341 e. The molecule has 0 unspecified atom stereocenters. The smallest absolute Gasteiger partial charge is 0.159 e. The van der Waals surface area contributed by atoms with Gasteiger partial charge in [0.25, 0.3) is 0 Å². The van der Waals surface area contributed by atoms with Crippen molar-refractivity contribution < 1.29 is 0 Å². The second-order valence-corrected chi connectivity index (χ2v) is 7.44. The summed E-state index contributed by atoms with van der Waals surface area (Å²) in [5.74, 6) is 0.639. The third-order valence-electron chi connectivity index (χ3n) is 5.73. The van der Waals surface area contributed by atoms with E-state index in [9.17, 15) is 0 Å². The van der Waals surface area contributed by atoms with Gasteiger partial charge in [0, 0.05) is 36.9 Å². The van der Waals surface area contributed by atoms with Crippen LogP contribution in [-0.2, 0) is 6.54 Å². The molecule has 26 heavy (non-hydrogen) atoms. The van der Waals surface area contributed by atoms with Gasteiger partial charge in [-0.15, -0.1) is 0 Å². The van der Waals surface area contributed by atoms with E-state index in [1.54, 1.807) is 6.33 Å². The molecule has 0 amide bonds. The molecule has 1 aliphatic heterocycles. The Hall–Kier alpha value is -2.66. The lowest BCUT2D eigenvalue weighted by atomic mass is 9.92. The molecule has 0 saturated carbocycles. The number of hydrogen-bond donors (Lipinski definition) is 1. The van der Waals surface area contributed by atoms with Crippen molar-refractivity contribution in [1.82, 2.24) is 24.4 Å². The monoisotopic (exact) mass is 345 g/mol. The lowest BCUT2D eigenvalue weighted by molar-refractivity contribution is 0.129. The summed E-state index contributed by atoms with van der Waals surface area (Å²) in [6, 6.07) is 13.4. The molecule has 3 aromatic heterocycles. The molecule has 4 heterocycles. The Labute approximate surface area is 152 Å². The van der Waals surface area contributed by atoms with E-state index in [0.29, 0.717) is 12.0 Å². The molecule has 0 aliphatic carbocycles. The molecule has 5 rings (SSSR count). The quantitative estimate of drug-likeness (QED) is 0.611. The fraction of sp³-hybridized carbons (Fsp3) is 0.333. The van der Waals surface area contributed by atoms with Gasteiger partial charge in [0.05, 0.1) is 11.8 Å². The molecule has 1 saturated heterocycles. The zero-order chi connectivity index (χ0) is 17.5. The van der Waals surface area contributed by atoms with E-state index in [2.05, 4.69) is 73.9 Å². The largest absolute Gasteiger partial charge is 0.341 e. The maximum absolute atomic E-state index is 4.53. The summed E-state index contributed by atoms with van der Waals surface area (Å²) in [5.41, 5.74) is 4.42. The Bertz CT molecular complexity index is 1030. The molecule has 1 aliphatic rings. The van der Waals surface area contributed by atoms with Gasteiger partial charge in [-0.1, -0.05) is 37.3 Å². The number of benzene rings is 1. The van der Waals surface area contributed by atoms with Crippen molar-refractivity contribution in [2.75, 3.05) is 13.1 Å². The second kappa shape index (κ2) is 6.25. The van der Waals surface area contributed by atoms with E-state index >= 15 is 0 Å². The highest BCUT2D eigenvalue weighted by molar-refractivity contribution is 6.00. The Morgan fingerprint density at radius 1 is 1.15 bits per heavy atom. The van der Waals surface area contributed by atoms with E-state index in [-0.39, 0.29) is 0 Å². The molecule has 5 nitrogen and oxygen atoms in total. The van der Waals surface area contributed by atoms with Gasteiger partial charge in [-0.25, -0.2) is 9.97 Å². The molecule has 1 fully saturated rings. The topological polar surface area (TPSA) is 49.7 Å². The molecule has 2 atom stereocenters. The number of pyridine rings is 1. The highest BCUT2D eigenvalue weighted by atomic mass is 15.2. The maximum atomic E-state index is 4.53. The van der Waals surface area contributed by atoms with Gasteiger partial charge in [0.2, 0.25) is 0 Å². The molecular formula is C21H23N5. The second-order valence-electron chi connectivity index (χ2n) is 7.44. The fourth-order valence-electron chi connectivity index (χ4n) is 4.26. The van der Waals surface area contributed by atoms with Crippen LogP contribution >= 0.6 is 0 Å². The first kappa shape index (κ1) is 15.6. The van der Waals surface area contributed by atoms with Crippen molar-refractivity contribution in [2.45, 2.75) is 25.9 Å². The van der Waals surface area contributed by atoms with E-state index in [0.717, 1.165) is 36.2 Å². The normalized spacial score (nSPS) is 21.6. The molecule has 5 heteroatoms. The molecule has 4 aromatic rings. The van der Waals surface area contributed by atoms with Crippen molar-refractivity contribution in [1.29, 1.82) is 0 Å². The van der Waals surface area contributed by atoms with Crippen LogP contribution in [-0.4, -0.2) is 37.5 Å². The van der Waals surface area contributed by atoms with Crippen LogP contribution in [0.15, 0.2) is 55.1 Å². The molecule has 0 radical (unpaired) electrons. The van der Waals surface area contributed by atoms with Crippen LogP contribution in [0, 0.1) is 5.92 Å². The number of aromatic nitrogens is 4. The Balaban J connectivity index is 1.50. The average Bonchev–Trinajstić information content (AvgIpc) is 3.30. The van der Waals surface area contributed by atoms with Gasteiger partial charge in [0.15, 0.2) is 5.65 Å². The molecular weight excluding hydrogens is 322 g/mol. The van der Waals surface area contributed by atoms with Crippen LogP contribution in [0.4, 0.5) is 0 Å². The predicted octanol–water partition coefficient (Wildman–Crippen LogP) is 4.00. The van der Waals surface area contributed by atoms with Crippen molar-refractivity contribution >= 4 is 22.1 Å². The van der Waals surface area contributed by atoms with Gasteiger partial charge in [0.1, 0.15) is 5.52 Å². The summed E-state index contributed by atoms with van der Waals surface area (Å²) in [5, 5.41) is 1.16. The zero-order valence-corrected chi connectivity index (χ0v) is 15.0. The van der Waals surface area contributed by atoms with Crippen LogP contribution in [0.3, 0.4) is 0 Å². The number of hydrogen-bond acceptors (Lipinski definition) is 3. The van der Waals surface area contributed by atoms with Gasteiger partial charge in [-0.3, -0.25) is 4.90 Å². The lowest BCUT2D eigenvalue weighted by Gasteiger charge is -2.38. The number of piperidine rings is 1. The first-order valence-electron chi connectivity index (χ1n) is 9.34. The number of aromatic amines is 1. The fourth-order valence-corrected chi connectivity index (χ4v) is 4.26. The van der Waals surface area contributed by atoms with Gasteiger partial charge < -0.3 is 9.55 Å². The minimum atomic E-state index is 0.451. The standard InChI is InChI=1S/C21H23N5/c1-15-7-9-25(12-16-5-3-2-4-6-16)13-18(15)26-10-8-17-11-22-21-19(20(17)26)23-14-24-21/h2-6,8,10-11,14-15,18H,7,9,12-13H2,1H3,(H,22,23,24)/t15-,18+/m1/s1. The summed E-state index contributed by atoms with van der Waals surface area (Å²) >= 11 is 0. The number of fused-ring (bicyclic) bond motifs is 3. The van der Waals surface area contributed by atoms with Crippen LogP contribution in [0.1, 0.15) is 24.9 Å². The number of nitrogens with one attached hydrogen (secondary N) is 1. The summed E-state index contributed by atoms with van der Waals surface area (Å²) in [6.07, 6.45) is 7.11. The summed E-state index contributed by atoms with van der Waals surface area (Å²) < 4.78 is 2.43. The number of rotatable bonds is 3. The molecule has 0 spiro atoms. The first-order chi connectivity index (χ1) is 12.8. The third-order valence-corrected chi connectivity index (χ3v) is 5.73. The SMILES string of the molecule is C[C@@H]1CCN(Cc2ccccc2)C[C@@H]1n1ccc2cnc3[nH]cnc3c21. The van der Waals surface area contributed by atoms with Crippen molar-refractivity contribution in [3.8, 4) is 0 Å². The van der Waals surface area contributed by atoms with Gasteiger partial charge in [-0.05, 0) is 30.5 Å². The number of nitrogens with zero attached hydrogens (tertiary/aromatic N) is 4. The summed E-state index contributed by atoms with van der Waals surface area (Å²) in [6.45, 7) is 5.61. The van der Waals surface area contributed by atoms with Crippen molar-refractivity contribution in [3.05, 3.63) is 60.7 Å². The number of H-pyrrole nitrogens is 1. The Kier molecular flexibility index (Phi) is 3.75. The van der Waals surface area contributed by atoms with Gasteiger partial charge in [-0.2, -0.15) is 0 Å². The highest BCUT2D eigenvalue weighted by Crippen LogP contribution is 2.33. The summed E-state index contributed by atoms with van der Waals surface area (Å²) in [7, 11) is 0. The Morgan fingerprint density at radius 3 is 2.92 bits per heavy atom. The molecule has 0 bridgehead atoms. The molecule has 1 N–H and O–H groups in total. The van der Waals surface area contributed by atoms with E-state index in [1.165, 1.54) is 17.5 Å². The van der Waals surface area contributed by atoms with E-state index < -0.39 is 0 Å². The van der Waals surface area contributed by atoms with Crippen LogP contribution in [0.5, 0.6) is 0 Å². The van der Waals surface area contributed by atoms with Gasteiger partial charge >= 0.3 is 0 Å². The van der Waals surface area contributed by atoms with E-state index in [1.807, 2.05) is 6.20 Å². The van der Waals surface area contributed by atoms with Crippen molar-refractivity contribution in [3.63, 3.8) is 0 Å². The minimum absolute atomic E-state index is 0.451. The van der Waals surface area contributed by atoms with E-state index in [4.69, 9.17) is 0 Å².